The monoisotopic (exact) mass is 417 g/mol. The Kier molecular flexibility index (Phi) is 6.26. The van der Waals surface area contributed by atoms with Crippen LogP contribution >= 0.6 is 0 Å². The summed E-state index contributed by atoms with van der Waals surface area (Å²) < 4.78 is 1.80. The number of aryl methyl sites for hydroxylation is 1. The Balaban J connectivity index is 1.50. The summed E-state index contributed by atoms with van der Waals surface area (Å²) >= 11 is 0. The number of nitrogens with zero attached hydrogens (tertiary/aromatic N) is 3. The molecular formula is C25H29N4O2+. The molecule has 2 N–H and O–H groups in total. The Labute approximate surface area is 182 Å². The molecule has 1 amide bonds. The van der Waals surface area contributed by atoms with E-state index in [2.05, 4.69) is 4.98 Å². The van der Waals surface area contributed by atoms with Crippen molar-refractivity contribution in [2.45, 2.75) is 51.1 Å². The molecule has 0 bridgehead atoms. The van der Waals surface area contributed by atoms with Crippen molar-refractivity contribution in [3.05, 3.63) is 65.9 Å². The van der Waals surface area contributed by atoms with Crippen LogP contribution in [-0.4, -0.2) is 34.7 Å². The maximum Gasteiger partial charge on any atom is 0.389 e. The molecule has 1 aromatic heterocycles. The van der Waals surface area contributed by atoms with Crippen molar-refractivity contribution in [2.24, 2.45) is 0 Å². The normalized spacial score (nSPS) is 14.5. The molecule has 4 rings (SSSR count). The zero-order valence-corrected chi connectivity index (χ0v) is 18.0. The van der Waals surface area contributed by atoms with Crippen molar-refractivity contribution >= 4 is 28.5 Å². The van der Waals surface area contributed by atoms with Gasteiger partial charge in [0.05, 0.1) is 19.2 Å². The Morgan fingerprint density at radius 1 is 1.06 bits per heavy atom. The maximum absolute atomic E-state index is 12.8. The van der Waals surface area contributed by atoms with E-state index in [0.29, 0.717) is 36.1 Å². The van der Waals surface area contributed by atoms with Crippen LogP contribution in [0.1, 0.15) is 54.4 Å². The summed E-state index contributed by atoms with van der Waals surface area (Å²) in [5.41, 5.74) is 8.12. The first-order valence-electron chi connectivity index (χ1n) is 11.0. The van der Waals surface area contributed by atoms with Crippen molar-refractivity contribution in [3.8, 4) is 0 Å². The number of rotatable bonds is 6. The van der Waals surface area contributed by atoms with Crippen molar-refractivity contribution in [1.29, 1.82) is 0 Å². The Morgan fingerprint density at radius 3 is 2.55 bits per heavy atom. The molecule has 1 aliphatic rings. The Morgan fingerprint density at radius 2 is 1.81 bits per heavy atom. The number of nitrogen functional groups attached to an aromatic ring is 1. The fourth-order valence-corrected chi connectivity index (χ4v) is 4.32. The van der Waals surface area contributed by atoms with E-state index in [4.69, 9.17) is 5.73 Å². The molecule has 0 radical (unpaired) electrons. The lowest BCUT2D eigenvalue weighted by Crippen LogP contribution is -2.43. The number of fused-ring (bicyclic) bond motifs is 1. The highest BCUT2D eigenvalue weighted by Gasteiger charge is 2.22. The predicted octanol–water partition coefficient (Wildman–Crippen LogP) is 3.52. The van der Waals surface area contributed by atoms with E-state index in [0.717, 1.165) is 23.7 Å². The van der Waals surface area contributed by atoms with Crippen LogP contribution in [0.4, 0.5) is 5.95 Å². The van der Waals surface area contributed by atoms with Gasteiger partial charge in [-0.2, -0.15) is 0 Å². The summed E-state index contributed by atoms with van der Waals surface area (Å²) in [7, 11) is 1.91. The standard InChI is InChI=1S/C25H28N4O2/c1-28(21-10-6-3-7-11-21)23(30)14-15-29-17-20-16-19(12-13-22(20)27-25(29)26)24(31)18-8-4-2-5-9-18/h2,4-5,8-9,12-13,16-17,21,26H,3,6-7,10-11,14-15H2,1H3/p+1. The van der Waals surface area contributed by atoms with E-state index in [1.807, 2.05) is 60.6 Å². The summed E-state index contributed by atoms with van der Waals surface area (Å²) in [5.74, 6) is 0.463. The minimum Gasteiger partial charge on any atom is -0.343 e. The van der Waals surface area contributed by atoms with Gasteiger partial charge in [0.15, 0.2) is 11.3 Å². The van der Waals surface area contributed by atoms with Gasteiger partial charge in [-0.15, -0.1) is 0 Å². The van der Waals surface area contributed by atoms with Crippen molar-refractivity contribution in [3.63, 3.8) is 0 Å². The largest absolute Gasteiger partial charge is 0.389 e. The highest BCUT2D eigenvalue weighted by molar-refractivity contribution is 6.10. The first-order chi connectivity index (χ1) is 15.0. The molecule has 1 saturated carbocycles. The molecule has 0 saturated heterocycles. The van der Waals surface area contributed by atoms with Gasteiger partial charge < -0.3 is 4.90 Å². The molecular weight excluding hydrogens is 388 g/mol. The topological polar surface area (TPSA) is 80.2 Å². The van der Waals surface area contributed by atoms with E-state index in [9.17, 15) is 9.59 Å². The number of carbonyl (C=O) groups is 2. The Hall–Kier alpha value is -3.28. The molecule has 3 aromatic rings. The van der Waals surface area contributed by atoms with Gasteiger partial charge in [-0.3, -0.25) is 15.3 Å². The third-order valence-corrected chi connectivity index (χ3v) is 6.23. The number of carbonyl (C=O) groups excluding carboxylic acids is 2. The zero-order chi connectivity index (χ0) is 21.8. The van der Waals surface area contributed by atoms with E-state index in [1.54, 1.807) is 10.6 Å². The smallest absolute Gasteiger partial charge is 0.343 e. The first kappa shape index (κ1) is 21.0. The lowest BCUT2D eigenvalue weighted by atomic mass is 9.94. The van der Waals surface area contributed by atoms with Crippen LogP contribution in [-0.2, 0) is 11.3 Å². The molecule has 1 heterocycles. The molecule has 0 unspecified atom stereocenters. The minimum absolute atomic E-state index is 0.0323. The van der Waals surface area contributed by atoms with E-state index in [1.165, 1.54) is 19.3 Å². The summed E-state index contributed by atoms with van der Waals surface area (Å²) in [4.78, 5) is 31.8. The molecule has 6 heteroatoms. The minimum atomic E-state index is -0.0323. The molecule has 2 aromatic carbocycles. The van der Waals surface area contributed by atoms with Gasteiger partial charge in [0.25, 0.3) is 0 Å². The molecule has 0 spiro atoms. The van der Waals surface area contributed by atoms with Gasteiger partial charge in [-0.25, -0.2) is 4.57 Å². The maximum atomic E-state index is 12.8. The van der Waals surface area contributed by atoms with Gasteiger partial charge in [0.1, 0.15) is 0 Å². The van der Waals surface area contributed by atoms with Crippen LogP contribution in [0.15, 0.2) is 54.7 Å². The third-order valence-electron chi connectivity index (χ3n) is 6.23. The van der Waals surface area contributed by atoms with Gasteiger partial charge in [0, 0.05) is 29.6 Å². The second kappa shape index (κ2) is 9.25. The van der Waals surface area contributed by atoms with Crippen LogP contribution in [0.5, 0.6) is 0 Å². The highest BCUT2D eigenvalue weighted by atomic mass is 16.2. The summed E-state index contributed by atoms with van der Waals surface area (Å²) in [6.45, 7) is 0.460. The number of benzene rings is 2. The van der Waals surface area contributed by atoms with Gasteiger partial charge in [-0.05, 0) is 31.0 Å². The second-order valence-corrected chi connectivity index (χ2v) is 8.31. The number of ketones is 1. The van der Waals surface area contributed by atoms with Crippen LogP contribution in [0.2, 0.25) is 0 Å². The summed E-state index contributed by atoms with van der Waals surface area (Å²) in [6.07, 6.45) is 8.10. The van der Waals surface area contributed by atoms with Crippen LogP contribution in [0.25, 0.3) is 10.9 Å². The number of amides is 1. The average molecular weight is 418 g/mol. The van der Waals surface area contributed by atoms with Gasteiger partial charge >= 0.3 is 5.95 Å². The fourth-order valence-electron chi connectivity index (χ4n) is 4.32. The van der Waals surface area contributed by atoms with Crippen molar-refractivity contribution in [1.82, 2.24) is 9.88 Å². The molecule has 1 aliphatic carbocycles. The van der Waals surface area contributed by atoms with Gasteiger partial charge in [-0.1, -0.05) is 54.6 Å². The molecule has 0 atom stereocenters. The van der Waals surface area contributed by atoms with Gasteiger partial charge in [0.2, 0.25) is 5.91 Å². The van der Waals surface area contributed by atoms with Crippen molar-refractivity contribution < 1.29 is 14.2 Å². The molecule has 6 nitrogen and oxygen atoms in total. The average Bonchev–Trinajstić information content (AvgIpc) is 2.82. The summed E-state index contributed by atoms with van der Waals surface area (Å²) in [5, 5.41) is 0.823. The number of hydrogen-bond acceptors (Lipinski definition) is 4. The second-order valence-electron chi connectivity index (χ2n) is 8.31. The molecule has 0 aliphatic heterocycles. The first-order valence-corrected chi connectivity index (χ1v) is 11.0. The summed E-state index contributed by atoms with van der Waals surface area (Å²) in [6, 6.07) is 15.0. The highest BCUT2D eigenvalue weighted by Crippen LogP contribution is 2.22. The van der Waals surface area contributed by atoms with Crippen molar-refractivity contribution in [2.75, 3.05) is 12.8 Å². The third kappa shape index (κ3) is 4.74. The Bertz CT molecular complexity index is 1090. The van der Waals surface area contributed by atoms with Crippen LogP contribution in [0.3, 0.4) is 0 Å². The lowest BCUT2D eigenvalue weighted by Gasteiger charge is -2.31. The molecule has 160 valence electrons. The number of nitrogens with two attached hydrogens (primary N) is 1. The predicted molar refractivity (Wildman–Crippen MR) is 120 cm³/mol. The number of aromatic nitrogens is 2. The van der Waals surface area contributed by atoms with E-state index >= 15 is 0 Å². The SMILES string of the molecule is CN(C(=O)CC[n+]1cc2cc(C(=O)c3ccccc3)ccc2nc1N)C1CCCCC1. The number of hydrogen-bond donors (Lipinski definition) is 1. The number of anilines is 1. The van der Waals surface area contributed by atoms with Crippen LogP contribution in [0, 0.1) is 0 Å². The zero-order valence-electron chi connectivity index (χ0n) is 18.0. The van der Waals surface area contributed by atoms with E-state index < -0.39 is 0 Å². The lowest BCUT2D eigenvalue weighted by molar-refractivity contribution is -0.682. The van der Waals surface area contributed by atoms with E-state index in [-0.39, 0.29) is 11.7 Å². The fraction of sp³-hybridized carbons (Fsp3) is 0.360. The molecule has 1 fully saturated rings. The molecule has 31 heavy (non-hydrogen) atoms. The van der Waals surface area contributed by atoms with Crippen LogP contribution < -0.4 is 10.3 Å². The quantitative estimate of drug-likeness (QED) is 0.492.